The van der Waals surface area contributed by atoms with E-state index in [0.29, 0.717) is 17.0 Å². The monoisotopic (exact) mass is 347 g/mol. The summed E-state index contributed by atoms with van der Waals surface area (Å²) in [5.74, 6) is -0.252. The van der Waals surface area contributed by atoms with E-state index >= 15 is 0 Å². The molecule has 18 heavy (non-hydrogen) atoms. The molecule has 1 nitrogen and oxygen atoms in total. The molecule has 0 saturated carbocycles. The summed E-state index contributed by atoms with van der Waals surface area (Å²) >= 11 is 11.1. The van der Waals surface area contributed by atoms with Gasteiger partial charge in [-0.25, -0.2) is 4.39 Å². The molecule has 2 rings (SSSR count). The Labute approximate surface area is 123 Å². The molecule has 0 saturated heterocycles. The van der Waals surface area contributed by atoms with Gasteiger partial charge in [-0.1, -0.05) is 17.7 Å². The summed E-state index contributed by atoms with van der Waals surface area (Å²) in [6.45, 7) is 0. The van der Waals surface area contributed by atoms with Gasteiger partial charge in [0.2, 0.25) is 0 Å². The summed E-state index contributed by atoms with van der Waals surface area (Å²) in [7, 11) is 1.87. The zero-order valence-corrected chi connectivity index (χ0v) is 12.9. The van der Waals surface area contributed by atoms with Gasteiger partial charge >= 0.3 is 0 Å². The molecule has 1 atom stereocenters. The number of halogens is 3. The quantitative estimate of drug-likeness (QED) is 0.836. The normalized spacial score (nSPS) is 12.7. The molecule has 1 aromatic heterocycles. The summed E-state index contributed by atoms with van der Waals surface area (Å²) in [5, 5.41) is 3.68. The lowest BCUT2D eigenvalue weighted by atomic mass is 10.0. The molecule has 0 aliphatic heterocycles. The van der Waals surface area contributed by atoms with Crippen molar-refractivity contribution >= 4 is 38.9 Å². The fraction of sp³-hybridized carbons (Fsp3) is 0.231. The van der Waals surface area contributed by atoms with E-state index in [1.54, 1.807) is 23.5 Å². The molecule has 0 aliphatic rings. The van der Waals surface area contributed by atoms with Crippen LogP contribution in [0.4, 0.5) is 4.39 Å². The maximum absolute atomic E-state index is 13.7. The van der Waals surface area contributed by atoms with Crippen molar-refractivity contribution < 1.29 is 4.39 Å². The molecule has 0 bridgehead atoms. The number of rotatable bonds is 4. The fourth-order valence-electron chi connectivity index (χ4n) is 1.79. The Morgan fingerprint density at radius 2 is 2.17 bits per heavy atom. The summed E-state index contributed by atoms with van der Waals surface area (Å²) < 4.78 is 14.8. The van der Waals surface area contributed by atoms with Crippen molar-refractivity contribution in [2.45, 2.75) is 12.5 Å². The molecule has 0 fully saturated rings. The second-order valence-corrected chi connectivity index (χ2v) is 6.79. The minimum absolute atomic E-state index is 0.0655. The molecule has 1 unspecified atom stereocenters. The van der Waals surface area contributed by atoms with Crippen LogP contribution in [0.1, 0.15) is 16.5 Å². The predicted octanol–water partition coefficient (Wildman–Crippen LogP) is 4.81. The van der Waals surface area contributed by atoms with Crippen LogP contribution in [0.25, 0.3) is 0 Å². The van der Waals surface area contributed by atoms with Crippen LogP contribution >= 0.6 is 38.9 Å². The molecular weight excluding hydrogens is 337 g/mol. The number of benzene rings is 1. The molecule has 96 valence electrons. The second-order valence-electron chi connectivity index (χ2n) is 3.89. The van der Waals surface area contributed by atoms with Gasteiger partial charge in [-0.15, -0.1) is 11.3 Å². The number of likely N-dealkylation sites (N-methyl/N-ethyl adjacent to an activating group) is 1. The molecule has 5 heteroatoms. The summed E-state index contributed by atoms with van der Waals surface area (Å²) in [6.07, 6.45) is 0.537. The van der Waals surface area contributed by atoms with E-state index < -0.39 is 0 Å². The highest BCUT2D eigenvalue weighted by molar-refractivity contribution is 9.11. The third-order valence-electron chi connectivity index (χ3n) is 2.76. The van der Waals surface area contributed by atoms with Crippen molar-refractivity contribution in [1.82, 2.24) is 5.32 Å². The standard InChI is InChI=1S/C13H12BrClFNS/c1-17-11(12-5-6-13(14)18-12)7-8-9(15)3-2-4-10(8)16/h2-6,11,17H,7H2,1H3. The lowest BCUT2D eigenvalue weighted by molar-refractivity contribution is 0.560. The third kappa shape index (κ3) is 3.12. The van der Waals surface area contributed by atoms with Crippen LogP contribution in [0, 0.1) is 5.82 Å². The average molecular weight is 349 g/mol. The molecular formula is C13H12BrClFNS. The van der Waals surface area contributed by atoms with Gasteiger partial charge < -0.3 is 5.32 Å². The maximum atomic E-state index is 13.7. The zero-order chi connectivity index (χ0) is 13.1. The average Bonchev–Trinajstić information content (AvgIpc) is 2.76. The van der Waals surface area contributed by atoms with E-state index in [9.17, 15) is 4.39 Å². The lowest BCUT2D eigenvalue weighted by Crippen LogP contribution is -2.18. The van der Waals surface area contributed by atoms with E-state index in [1.165, 1.54) is 6.07 Å². The Morgan fingerprint density at radius 1 is 1.39 bits per heavy atom. The molecule has 0 spiro atoms. The SMILES string of the molecule is CNC(Cc1c(F)cccc1Cl)c1ccc(Br)s1. The Balaban J connectivity index is 2.26. The van der Waals surface area contributed by atoms with Gasteiger partial charge in [0.25, 0.3) is 0 Å². The minimum Gasteiger partial charge on any atom is -0.312 e. The first-order valence-corrected chi connectivity index (χ1v) is 7.46. The Kier molecular flexibility index (Phi) is 4.78. The van der Waals surface area contributed by atoms with Gasteiger partial charge in [0, 0.05) is 21.5 Å². The second kappa shape index (κ2) is 6.15. The van der Waals surface area contributed by atoms with E-state index in [1.807, 2.05) is 19.2 Å². The van der Waals surface area contributed by atoms with Crippen LogP contribution in [0.5, 0.6) is 0 Å². The number of nitrogens with one attached hydrogen (secondary N) is 1. The Morgan fingerprint density at radius 3 is 2.72 bits per heavy atom. The van der Waals surface area contributed by atoms with Gasteiger partial charge in [-0.2, -0.15) is 0 Å². The van der Waals surface area contributed by atoms with Crippen molar-refractivity contribution in [1.29, 1.82) is 0 Å². The van der Waals surface area contributed by atoms with Crippen molar-refractivity contribution in [3.63, 3.8) is 0 Å². The van der Waals surface area contributed by atoms with Crippen molar-refractivity contribution in [3.8, 4) is 0 Å². The first kappa shape index (κ1) is 14.0. The topological polar surface area (TPSA) is 12.0 Å². The number of hydrogen-bond donors (Lipinski definition) is 1. The van der Waals surface area contributed by atoms with E-state index in [2.05, 4.69) is 21.2 Å². The van der Waals surface area contributed by atoms with Crippen LogP contribution in [0.2, 0.25) is 5.02 Å². The van der Waals surface area contributed by atoms with Crippen LogP contribution in [-0.2, 0) is 6.42 Å². The van der Waals surface area contributed by atoms with Gasteiger partial charge in [0.05, 0.1) is 3.79 Å². The number of hydrogen-bond acceptors (Lipinski definition) is 2. The first-order chi connectivity index (χ1) is 8.61. The maximum Gasteiger partial charge on any atom is 0.127 e. The highest BCUT2D eigenvalue weighted by Gasteiger charge is 2.16. The van der Waals surface area contributed by atoms with Crippen LogP contribution < -0.4 is 5.32 Å². The van der Waals surface area contributed by atoms with Crippen LogP contribution in [-0.4, -0.2) is 7.05 Å². The van der Waals surface area contributed by atoms with Gasteiger partial charge in [0.1, 0.15) is 5.82 Å². The molecule has 1 heterocycles. The molecule has 2 aromatic rings. The molecule has 0 radical (unpaired) electrons. The van der Waals surface area contributed by atoms with Crippen molar-refractivity contribution in [2.24, 2.45) is 0 Å². The zero-order valence-electron chi connectivity index (χ0n) is 9.71. The number of thiophene rings is 1. The summed E-state index contributed by atoms with van der Waals surface area (Å²) in [4.78, 5) is 1.16. The Bertz CT molecular complexity index is 523. The van der Waals surface area contributed by atoms with Crippen LogP contribution in [0.3, 0.4) is 0 Å². The highest BCUT2D eigenvalue weighted by Crippen LogP contribution is 2.31. The minimum atomic E-state index is -0.252. The van der Waals surface area contributed by atoms with Crippen molar-refractivity contribution in [3.05, 3.63) is 55.4 Å². The molecule has 0 amide bonds. The lowest BCUT2D eigenvalue weighted by Gasteiger charge is -2.16. The summed E-state index contributed by atoms with van der Waals surface area (Å²) in [5.41, 5.74) is 0.558. The van der Waals surface area contributed by atoms with Gasteiger partial charge in [-0.05, 0) is 53.7 Å². The first-order valence-electron chi connectivity index (χ1n) is 5.47. The van der Waals surface area contributed by atoms with Crippen LogP contribution in [0.15, 0.2) is 34.1 Å². The predicted molar refractivity (Wildman–Crippen MR) is 78.9 cm³/mol. The van der Waals surface area contributed by atoms with Gasteiger partial charge in [0.15, 0.2) is 0 Å². The fourth-order valence-corrected chi connectivity index (χ4v) is 3.57. The third-order valence-corrected chi connectivity index (χ3v) is 4.85. The molecule has 1 N–H and O–H groups in total. The van der Waals surface area contributed by atoms with E-state index in [0.717, 1.165) is 8.66 Å². The molecule has 1 aromatic carbocycles. The van der Waals surface area contributed by atoms with E-state index in [-0.39, 0.29) is 11.9 Å². The highest BCUT2D eigenvalue weighted by atomic mass is 79.9. The van der Waals surface area contributed by atoms with Gasteiger partial charge in [-0.3, -0.25) is 0 Å². The van der Waals surface area contributed by atoms with E-state index in [4.69, 9.17) is 11.6 Å². The summed E-state index contributed by atoms with van der Waals surface area (Å²) in [6, 6.07) is 8.88. The smallest absolute Gasteiger partial charge is 0.127 e. The largest absolute Gasteiger partial charge is 0.312 e. The Hall–Kier alpha value is -0.420. The van der Waals surface area contributed by atoms with Crippen molar-refractivity contribution in [2.75, 3.05) is 7.05 Å². The molecule has 0 aliphatic carbocycles.